The molecule has 6 nitrogen and oxygen atoms in total. The van der Waals surface area contributed by atoms with Gasteiger partial charge in [-0.3, -0.25) is 9.79 Å². The van der Waals surface area contributed by atoms with Gasteiger partial charge in [-0.1, -0.05) is 12.1 Å². The van der Waals surface area contributed by atoms with Gasteiger partial charge in [-0.2, -0.15) is 0 Å². The van der Waals surface area contributed by atoms with Crippen molar-refractivity contribution in [1.82, 2.24) is 10.6 Å². The fourth-order valence-corrected chi connectivity index (χ4v) is 2.16. The Bertz CT molecular complexity index is 782. The zero-order valence-electron chi connectivity index (χ0n) is 15.1. The minimum Gasteiger partial charge on any atom is -0.486 e. The van der Waals surface area contributed by atoms with Gasteiger partial charge >= 0.3 is 0 Å². The largest absolute Gasteiger partial charge is 0.486 e. The molecule has 1 amide bonds. The molecule has 0 radical (unpaired) electrons. The Balaban J connectivity index is 1.74. The van der Waals surface area contributed by atoms with Crippen molar-refractivity contribution >= 4 is 17.6 Å². The van der Waals surface area contributed by atoms with Crippen molar-refractivity contribution in [2.75, 3.05) is 25.5 Å². The van der Waals surface area contributed by atoms with E-state index in [1.807, 2.05) is 0 Å². The van der Waals surface area contributed by atoms with E-state index in [1.54, 1.807) is 32.2 Å². The SMILES string of the molecule is CN=C(NCC(=O)Nc1ccc(F)cc1)NCC(C)Oc1ccccc1F. The number of carbonyl (C=O) groups excluding carboxylic acids is 1. The van der Waals surface area contributed by atoms with Crippen molar-refractivity contribution in [2.24, 2.45) is 4.99 Å². The van der Waals surface area contributed by atoms with Crippen LogP contribution in [0, 0.1) is 11.6 Å². The summed E-state index contributed by atoms with van der Waals surface area (Å²) in [6.45, 7) is 2.11. The van der Waals surface area contributed by atoms with Gasteiger partial charge in [-0.25, -0.2) is 8.78 Å². The van der Waals surface area contributed by atoms with E-state index in [9.17, 15) is 13.6 Å². The lowest BCUT2D eigenvalue weighted by molar-refractivity contribution is -0.115. The first-order valence-corrected chi connectivity index (χ1v) is 8.39. The first kappa shape index (κ1) is 20.2. The van der Waals surface area contributed by atoms with Gasteiger partial charge in [-0.05, 0) is 43.3 Å². The van der Waals surface area contributed by atoms with Crippen LogP contribution in [0.25, 0.3) is 0 Å². The van der Waals surface area contributed by atoms with Gasteiger partial charge in [0, 0.05) is 12.7 Å². The number of nitrogens with one attached hydrogen (secondary N) is 3. The summed E-state index contributed by atoms with van der Waals surface area (Å²) in [4.78, 5) is 15.9. The maximum Gasteiger partial charge on any atom is 0.243 e. The van der Waals surface area contributed by atoms with Crippen LogP contribution in [-0.4, -0.2) is 38.1 Å². The van der Waals surface area contributed by atoms with Crippen molar-refractivity contribution in [3.05, 3.63) is 60.2 Å². The van der Waals surface area contributed by atoms with E-state index in [1.165, 1.54) is 30.3 Å². The van der Waals surface area contributed by atoms with Crippen LogP contribution in [0.4, 0.5) is 14.5 Å². The lowest BCUT2D eigenvalue weighted by Crippen LogP contribution is -2.44. The molecule has 0 heterocycles. The average Bonchev–Trinajstić information content (AvgIpc) is 2.65. The second-order valence-electron chi connectivity index (χ2n) is 5.72. The summed E-state index contributed by atoms with van der Waals surface area (Å²) in [5.41, 5.74) is 0.498. The predicted molar refractivity (Wildman–Crippen MR) is 101 cm³/mol. The topological polar surface area (TPSA) is 74.8 Å². The lowest BCUT2D eigenvalue weighted by Gasteiger charge is -2.18. The number of ether oxygens (including phenoxy) is 1. The van der Waals surface area contributed by atoms with E-state index in [2.05, 4.69) is 20.9 Å². The maximum atomic E-state index is 13.6. The van der Waals surface area contributed by atoms with Crippen LogP contribution in [0.1, 0.15) is 6.92 Å². The molecule has 3 N–H and O–H groups in total. The number of halogens is 2. The molecule has 0 aliphatic heterocycles. The van der Waals surface area contributed by atoms with Gasteiger partial charge in [0.05, 0.1) is 13.1 Å². The number of carbonyl (C=O) groups is 1. The third-order valence-electron chi connectivity index (χ3n) is 3.49. The Labute approximate surface area is 156 Å². The molecule has 0 saturated heterocycles. The summed E-state index contributed by atoms with van der Waals surface area (Å²) in [7, 11) is 1.57. The molecule has 2 aromatic carbocycles. The lowest BCUT2D eigenvalue weighted by atomic mass is 10.3. The summed E-state index contributed by atoms with van der Waals surface area (Å²) in [5, 5.41) is 8.49. The monoisotopic (exact) mass is 376 g/mol. The summed E-state index contributed by atoms with van der Waals surface area (Å²) >= 11 is 0. The Morgan fingerprint density at radius 2 is 1.81 bits per heavy atom. The quantitative estimate of drug-likeness (QED) is 0.513. The Hall–Kier alpha value is -3.16. The van der Waals surface area contributed by atoms with E-state index < -0.39 is 5.82 Å². The predicted octanol–water partition coefficient (Wildman–Crippen LogP) is 2.54. The highest BCUT2D eigenvalue weighted by Gasteiger charge is 2.10. The van der Waals surface area contributed by atoms with Gasteiger partial charge < -0.3 is 20.7 Å². The van der Waals surface area contributed by atoms with Crippen molar-refractivity contribution < 1.29 is 18.3 Å². The Kier molecular flexibility index (Phi) is 7.54. The number of para-hydroxylation sites is 1. The molecule has 0 aliphatic rings. The number of anilines is 1. The molecule has 0 fully saturated rings. The highest BCUT2D eigenvalue weighted by atomic mass is 19.1. The molecule has 0 saturated carbocycles. The number of hydrogen-bond acceptors (Lipinski definition) is 3. The van der Waals surface area contributed by atoms with Crippen LogP contribution >= 0.6 is 0 Å². The van der Waals surface area contributed by atoms with Gasteiger partial charge in [0.25, 0.3) is 0 Å². The first-order valence-electron chi connectivity index (χ1n) is 8.39. The highest BCUT2D eigenvalue weighted by Crippen LogP contribution is 2.16. The summed E-state index contributed by atoms with van der Waals surface area (Å²) in [6, 6.07) is 11.6. The van der Waals surface area contributed by atoms with Crippen LogP contribution < -0.4 is 20.7 Å². The molecule has 8 heteroatoms. The van der Waals surface area contributed by atoms with Crippen LogP contribution in [0.3, 0.4) is 0 Å². The third-order valence-corrected chi connectivity index (χ3v) is 3.49. The zero-order valence-corrected chi connectivity index (χ0v) is 15.1. The number of aliphatic imine (C=N–C) groups is 1. The summed E-state index contributed by atoms with van der Waals surface area (Å²) < 4.78 is 32.0. The maximum absolute atomic E-state index is 13.6. The van der Waals surface area contributed by atoms with E-state index in [4.69, 9.17) is 4.74 Å². The molecule has 0 spiro atoms. The fourth-order valence-electron chi connectivity index (χ4n) is 2.16. The second kappa shape index (κ2) is 10.1. The highest BCUT2D eigenvalue weighted by molar-refractivity contribution is 5.94. The van der Waals surface area contributed by atoms with E-state index >= 15 is 0 Å². The molecule has 0 aromatic heterocycles. The minimum atomic E-state index is -0.427. The summed E-state index contributed by atoms with van der Waals surface area (Å²) in [5.74, 6) is -0.534. The number of nitrogens with zero attached hydrogens (tertiary/aromatic N) is 1. The molecular formula is C19H22F2N4O2. The molecule has 0 bridgehead atoms. The van der Waals surface area contributed by atoms with Crippen molar-refractivity contribution in [3.63, 3.8) is 0 Å². The second-order valence-corrected chi connectivity index (χ2v) is 5.72. The van der Waals surface area contributed by atoms with E-state index in [0.717, 1.165) is 0 Å². The van der Waals surface area contributed by atoms with Gasteiger partial charge in [0.1, 0.15) is 11.9 Å². The van der Waals surface area contributed by atoms with Gasteiger partial charge in [0.15, 0.2) is 17.5 Å². The minimum absolute atomic E-state index is 0.0282. The first-order chi connectivity index (χ1) is 13.0. The molecule has 0 aliphatic carbocycles. The Morgan fingerprint density at radius 1 is 1.11 bits per heavy atom. The third kappa shape index (κ3) is 6.93. The normalized spacial score (nSPS) is 12.2. The number of amides is 1. The van der Waals surface area contributed by atoms with E-state index in [-0.39, 0.29) is 30.1 Å². The average molecular weight is 376 g/mol. The molecule has 2 rings (SSSR count). The molecule has 1 unspecified atom stereocenters. The van der Waals surface area contributed by atoms with Crippen LogP contribution in [-0.2, 0) is 4.79 Å². The molecule has 2 aromatic rings. The van der Waals surface area contributed by atoms with Crippen molar-refractivity contribution in [3.8, 4) is 5.75 Å². The number of guanidine groups is 1. The molecular weight excluding hydrogens is 354 g/mol. The molecule has 144 valence electrons. The standard InChI is InChI=1S/C19H22F2N4O2/c1-13(27-17-6-4-3-5-16(17)21)11-23-19(22-2)24-12-18(26)25-15-9-7-14(20)8-10-15/h3-10,13H,11-12H2,1-2H3,(H,25,26)(H2,22,23,24). The van der Waals surface area contributed by atoms with Gasteiger partial charge in [0.2, 0.25) is 5.91 Å². The smallest absolute Gasteiger partial charge is 0.243 e. The Morgan fingerprint density at radius 3 is 2.48 bits per heavy atom. The van der Waals surface area contributed by atoms with Crippen LogP contribution in [0.15, 0.2) is 53.5 Å². The number of rotatable bonds is 7. The fraction of sp³-hybridized carbons (Fsp3) is 0.263. The van der Waals surface area contributed by atoms with E-state index in [0.29, 0.717) is 18.2 Å². The van der Waals surface area contributed by atoms with Crippen LogP contribution in [0.5, 0.6) is 5.75 Å². The van der Waals surface area contributed by atoms with Gasteiger partial charge in [-0.15, -0.1) is 0 Å². The van der Waals surface area contributed by atoms with Crippen molar-refractivity contribution in [1.29, 1.82) is 0 Å². The summed E-state index contributed by atoms with van der Waals surface area (Å²) in [6.07, 6.45) is -0.325. The number of benzene rings is 2. The van der Waals surface area contributed by atoms with Crippen molar-refractivity contribution in [2.45, 2.75) is 13.0 Å². The van der Waals surface area contributed by atoms with Crippen LogP contribution in [0.2, 0.25) is 0 Å². The molecule has 1 atom stereocenters. The number of hydrogen-bond donors (Lipinski definition) is 3. The molecule has 27 heavy (non-hydrogen) atoms. The zero-order chi connectivity index (χ0) is 19.6.